The Bertz CT molecular complexity index is 632. The number of nitrogens with one attached hydrogen (secondary N) is 1. The highest BCUT2D eigenvalue weighted by atomic mass is 32.1. The van der Waals surface area contributed by atoms with Crippen LogP contribution >= 0.6 is 12.6 Å². The molecule has 212 valence electrons. The first-order valence-corrected chi connectivity index (χ1v) is 13.0. The summed E-state index contributed by atoms with van der Waals surface area (Å²) in [5, 5.41) is 73.0. The lowest BCUT2D eigenvalue weighted by atomic mass is 9.97. The normalized spacial score (nSPS) is 37.1. The van der Waals surface area contributed by atoms with E-state index in [1.807, 2.05) is 0 Å². The van der Waals surface area contributed by atoms with Gasteiger partial charge in [0.2, 0.25) is 5.91 Å². The van der Waals surface area contributed by atoms with Crippen molar-refractivity contribution in [2.24, 2.45) is 0 Å². The molecule has 2 fully saturated rings. The quantitative estimate of drug-likeness (QED) is 0.0749. The van der Waals surface area contributed by atoms with Crippen molar-refractivity contribution >= 4 is 18.5 Å². The third kappa shape index (κ3) is 8.99. The molecule has 0 bridgehead atoms. The van der Waals surface area contributed by atoms with Crippen LogP contribution in [-0.2, 0) is 23.7 Å². The van der Waals surface area contributed by atoms with Crippen molar-refractivity contribution < 1.29 is 59.5 Å². The van der Waals surface area contributed by atoms with E-state index in [-0.39, 0.29) is 12.5 Å². The minimum Gasteiger partial charge on any atom is -0.394 e. The van der Waals surface area contributed by atoms with Crippen molar-refractivity contribution in [1.82, 2.24) is 5.32 Å². The molecule has 0 saturated carbocycles. The number of rotatable bonds is 15. The van der Waals surface area contributed by atoms with E-state index >= 15 is 0 Å². The van der Waals surface area contributed by atoms with Gasteiger partial charge >= 0.3 is 0 Å². The summed E-state index contributed by atoms with van der Waals surface area (Å²) >= 11 is 4.07. The van der Waals surface area contributed by atoms with Gasteiger partial charge in [-0.3, -0.25) is 4.79 Å². The Kier molecular flexibility index (Phi) is 14.4. The Morgan fingerprint density at radius 1 is 0.778 bits per heavy atom. The van der Waals surface area contributed by atoms with Crippen molar-refractivity contribution in [1.29, 1.82) is 0 Å². The first-order chi connectivity index (χ1) is 17.2. The second-order valence-electron chi connectivity index (χ2n) is 8.97. The largest absolute Gasteiger partial charge is 0.394 e. The molecule has 4 unspecified atom stereocenters. The maximum absolute atomic E-state index is 11.5. The van der Waals surface area contributed by atoms with Gasteiger partial charge in [-0.2, -0.15) is 12.6 Å². The van der Waals surface area contributed by atoms with Crippen molar-refractivity contribution in [3.63, 3.8) is 0 Å². The van der Waals surface area contributed by atoms with Gasteiger partial charge in [-0.1, -0.05) is 12.8 Å². The lowest BCUT2D eigenvalue weighted by molar-refractivity contribution is -0.360. The maximum atomic E-state index is 11.5. The van der Waals surface area contributed by atoms with Crippen LogP contribution < -0.4 is 5.32 Å². The minimum atomic E-state index is -1.73. The van der Waals surface area contributed by atoms with Crippen LogP contribution in [0.25, 0.3) is 0 Å². The zero-order valence-corrected chi connectivity index (χ0v) is 21.1. The van der Waals surface area contributed by atoms with Crippen molar-refractivity contribution in [3.8, 4) is 0 Å². The molecular formula is C22H41NO12S. The van der Waals surface area contributed by atoms with E-state index in [9.17, 15) is 40.5 Å². The van der Waals surface area contributed by atoms with E-state index in [1.165, 1.54) is 0 Å². The Balaban J connectivity index is 1.80. The topological polar surface area (TPSA) is 208 Å². The van der Waals surface area contributed by atoms with Crippen LogP contribution in [0.2, 0.25) is 0 Å². The summed E-state index contributed by atoms with van der Waals surface area (Å²) < 4.78 is 21.9. The second kappa shape index (κ2) is 16.4. The van der Waals surface area contributed by atoms with Gasteiger partial charge < -0.3 is 60.0 Å². The highest BCUT2D eigenvalue weighted by molar-refractivity contribution is 7.80. The standard InChI is InChI=1S/C22H41NO12S/c24-10-12-15(27)17(29)18(30)22(34-12)35-20-16(28)13(11-25)33-21(19(20)31)32-8-4-2-1-3-7-23-14(26)6-5-9-36/h12-13,15-22,24-25,27-31,36H,1-11H2,(H,23,26)/t12-,13-,15-,16-,17?,18?,19?,20?,21+,22-/m1/s1. The first kappa shape index (κ1) is 31.6. The lowest BCUT2D eigenvalue weighted by Gasteiger charge is -2.45. The van der Waals surface area contributed by atoms with Crippen LogP contribution in [0.15, 0.2) is 0 Å². The van der Waals surface area contributed by atoms with Crippen molar-refractivity contribution in [3.05, 3.63) is 0 Å². The summed E-state index contributed by atoms with van der Waals surface area (Å²) in [6.45, 7) is -0.486. The van der Waals surface area contributed by atoms with E-state index in [1.54, 1.807) is 0 Å². The molecule has 0 radical (unpaired) electrons. The van der Waals surface area contributed by atoms with Crippen molar-refractivity contribution in [2.45, 2.75) is 99.9 Å². The lowest BCUT2D eigenvalue weighted by Crippen LogP contribution is -2.64. The fourth-order valence-electron chi connectivity index (χ4n) is 4.02. The van der Waals surface area contributed by atoms with Crippen molar-refractivity contribution in [2.75, 3.05) is 32.1 Å². The number of thiol groups is 1. The zero-order chi connectivity index (χ0) is 26.7. The molecule has 8 N–H and O–H groups in total. The molecule has 14 heteroatoms. The molecule has 0 aromatic carbocycles. The molecule has 0 aliphatic carbocycles. The Morgan fingerprint density at radius 2 is 1.42 bits per heavy atom. The number of hydrogen-bond acceptors (Lipinski definition) is 13. The summed E-state index contributed by atoms with van der Waals surface area (Å²) in [4.78, 5) is 11.5. The molecule has 2 aliphatic rings. The Morgan fingerprint density at radius 3 is 2.08 bits per heavy atom. The van der Waals surface area contributed by atoms with Gasteiger partial charge in [-0.15, -0.1) is 0 Å². The van der Waals surface area contributed by atoms with Crippen LogP contribution in [0.5, 0.6) is 0 Å². The second-order valence-corrected chi connectivity index (χ2v) is 9.41. The predicted octanol–water partition coefficient (Wildman–Crippen LogP) is -2.99. The Hall–Kier alpha value is -0.620. The molecule has 0 spiro atoms. The van der Waals surface area contributed by atoms with Crippen LogP contribution in [0, 0.1) is 0 Å². The molecule has 2 heterocycles. The number of aliphatic hydroxyl groups excluding tert-OH is 7. The molecule has 10 atom stereocenters. The number of carbonyl (C=O) groups is 1. The van der Waals surface area contributed by atoms with Crippen LogP contribution in [0.1, 0.15) is 38.5 Å². The van der Waals surface area contributed by atoms with Gasteiger partial charge in [0.1, 0.15) is 48.8 Å². The van der Waals surface area contributed by atoms with Gasteiger partial charge in [0.15, 0.2) is 12.6 Å². The van der Waals surface area contributed by atoms with E-state index < -0.39 is 74.6 Å². The van der Waals surface area contributed by atoms with Gasteiger partial charge in [0.05, 0.1) is 13.2 Å². The van der Waals surface area contributed by atoms with E-state index in [0.29, 0.717) is 25.1 Å². The number of aliphatic hydroxyl groups is 7. The first-order valence-electron chi connectivity index (χ1n) is 12.3. The average Bonchev–Trinajstić information content (AvgIpc) is 2.87. The molecular weight excluding hydrogens is 502 g/mol. The number of hydrogen-bond donors (Lipinski definition) is 9. The van der Waals surface area contributed by atoms with Gasteiger partial charge in [0.25, 0.3) is 0 Å². The van der Waals surface area contributed by atoms with Crippen LogP contribution in [-0.4, -0.2) is 135 Å². The molecule has 1 amide bonds. The Labute approximate surface area is 215 Å². The number of carbonyl (C=O) groups excluding carboxylic acids is 1. The molecule has 2 saturated heterocycles. The van der Waals surface area contributed by atoms with Gasteiger partial charge in [-0.05, 0) is 25.0 Å². The maximum Gasteiger partial charge on any atom is 0.220 e. The monoisotopic (exact) mass is 543 g/mol. The van der Waals surface area contributed by atoms with Gasteiger partial charge in [0, 0.05) is 19.6 Å². The number of ether oxygens (including phenoxy) is 4. The summed E-state index contributed by atoms with van der Waals surface area (Å²) in [7, 11) is 0. The van der Waals surface area contributed by atoms with E-state index in [4.69, 9.17) is 18.9 Å². The predicted molar refractivity (Wildman–Crippen MR) is 127 cm³/mol. The summed E-state index contributed by atoms with van der Waals surface area (Å²) in [5.41, 5.74) is 0. The SMILES string of the molecule is O=C(CCCS)NCCCCCCO[C@H]1O[C@H](CO)[C@@H](O)C(O[C@H]2O[C@H](CO)[C@@H](O)C(O)C2O)C1O. The molecule has 2 aliphatic heterocycles. The highest BCUT2D eigenvalue weighted by Crippen LogP contribution is 2.29. The fraction of sp³-hybridized carbons (Fsp3) is 0.955. The molecule has 0 aromatic heterocycles. The molecule has 0 aromatic rings. The number of unbranched alkanes of at least 4 members (excludes halogenated alkanes) is 3. The molecule has 13 nitrogen and oxygen atoms in total. The summed E-state index contributed by atoms with van der Waals surface area (Å²) in [5.74, 6) is 0.683. The minimum absolute atomic E-state index is 0.0110. The third-order valence-corrected chi connectivity index (χ3v) is 6.52. The van der Waals surface area contributed by atoms with Crippen LogP contribution in [0.3, 0.4) is 0 Å². The smallest absolute Gasteiger partial charge is 0.220 e. The highest BCUT2D eigenvalue weighted by Gasteiger charge is 2.50. The van der Waals surface area contributed by atoms with E-state index in [2.05, 4.69) is 17.9 Å². The molecule has 36 heavy (non-hydrogen) atoms. The average molecular weight is 544 g/mol. The third-order valence-electron chi connectivity index (χ3n) is 6.20. The van der Waals surface area contributed by atoms with Crippen LogP contribution in [0.4, 0.5) is 0 Å². The fourth-order valence-corrected chi connectivity index (χ4v) is 4.18. The van der Waals surface area contributed by atoms with E-state index in [0.717, 1.165) is 25.7 Å². The zero-order valence-electron chi connectivity index (χ0n) is 20.2. The number of amides is 1. The summed E-state index contributed by atoms with van der Waals surface area (Å²) in [6, 6.07) is 0. The molecule has 2 rings (SSSR count). The summed E-state index contributed by atoms with van der Waals surface area (Å²) in [6.07, 6.45) is -10.5. The van der Waals surface area contributed by atoms with Gasteiger partial charge in [-0.25, -0.2) is 0 Å².